The summed E-state index contributed by atoms with van der Waals surface area (Å²) in [5.74, 6) is 0.166. The Hall–Kier alpha value is -2.22. The lowest BCUT2D eigenvalue weighted by atomic mass is 10.0. The Bertz CT molecular complexity index is 731. The molecule has 3 heterocycles. The zero-order valence-electron chi connectivity index (χ0n) is 13.9. The Balaban J connectivity index is 1.32. The summed E-state index contributed by atoms with van der Waals surface area (Å²) < 4.78 is 1.70. The summed E-state index contributed by atoms with van der Waals surface area (Å²) in [5.41, 5.74) is 2.66. The zero-order chi connectivity index (χ0) is 16.5. The van der Waals surface area contributed by atoms with Crippen LogP contribution in [0.3, 0.4) is 0 Å². The number of carbonyl (C=O) groups is 1. The van der Waals surface area contributed by atoms with Crippen LogP contribution in [0.5, 0.6) is 0 Å². The fourth-order valence-corrected chi connectivity index (χ4v) is 3.22. The minimum absolute atomic E-state index is 0.166. The first-order valence-corrected chi connectivity index (χ1v) is 8.63. The van der Waals surface area contributed by atoms with Crippen LogP contribution in [0.4, 0.5) is 5.69 Å². The smallest absolute Gasteiger partial charge is 0.234 e. The molecule has 0 radical (unpaired) electrons. The van der Waals surface area contributed by atoms with E-state index in [4.69, 9.17) is 0 Å². The highest BCUT2D eigenvalue weighted by Gasteiger charge is 2.26. The summed E-state index contributed by atoms with van der Waals surface area (Å²) in [6, 6.07) is 2.84. The fourth-order valence-electron chi connectivity index (χ4n) is 3.22. The lowest BCUT2D eigenvalue weighted by Crippen LogP contribution is -2.44. The molecular formula is C16H23N7O. The maximum atomic E-state index is 11.9. The largest absolute Gasteiger partial charge is 0.379 e. The van der Waals surface area contributed by atoms with Crippen molar-refractivity contribution in [3.63, 3.8) is 0 Å². The molecule has 1 amide bonds. The van der Waals surface area contributed by atoms with E-state index in [2.05, 4.69) is 30.8 Å². The molecule has 8 heteroatoms. The number of rotatable bonds is 5. The monoisotopic (exact) mass is 329 g/mol. The third-order valence-corrected chi connectivity index (χ3v) is 4.65. The number of nitrogens with one attached hydrogen (secondary N) is 2. The van der Waals surface area contributed by atoms with Gasteiger partial charge in [-0.3, -0.25) is 9.69 Å². The third kappa shape index (κ3) is 3.48. The van der Waals surface area contributed by atoms with Crippen LogP contribution in [0.25, 0.3) is 5.65 Å². The molecule has 24 heavy (non-hydrogen) atoms. The van der Waals surface area contributed by atoms with Crippen molar-refractivity contribution in [3.05, 3.63) is 18.1 Å². The van der Waals surface area contributed by atoms with Gasteiger partial charge in [0.15, 0.2) is 0 Å². The first-order chi connectivity index (χ1) is 11.7. The number of hydrogen-bond donors (Lipinski definition) is 2. The van der Waals surface area contributed by atoms with Gasteiger partial charge in [0.1, 0.15) is 6.33 Å². The average molecular weight is 329 g/mol. The molecule has 1 aliphatic carbocycles. The van der Waals surface area contributed by atoms with Crippen molar-refractivity contribution in [1.29, 1.82) is 0 Å². The number of aromatic nitrogens is 4. The van der Waals surface area contributed by atoms with Crippen molar-refractivity contribution in [3.8, 4) is 0 Å². The van der Waals surface area contributed by atoms with Crippen molar-refractivity contribution >= 4 is 17.2 Å². The lowest BCUT2D eigenvalue weighted by molar-refractivity contribution is -0.122. The van der Waals surface area contributed by atoms with Gasteiger partial charge < -0.3 is 10.6 Å². The normalized spacial score (nSPS) is 19.5. The van der Waals surface area contributed by atoms with Crippen LogP contribution in [0, 0.1) is 6.92 Å². The van der Waals surface area contributed by atoms with E-state index in [-0.39, 0.29) is 5.91 Å². The minimum Gasteiger partial charge on any atom is -0.379 e. The molecule has 0 aromatic carbocycles. The standard InChI is InChI=1S/C16H23N7O/c1-11-8-14(16-20-17-10-23(16)21-11)18-13-4-6-22(7-5-13)9-15(24)19-12-2-3-12/h8,10,12-13,18H,2-7,9H2,1H3,(H,19,24). The van der Waals surface area contributed by atoms with Crippen LogP contribution in [0.1, 0.15) is 31.4 Å². The van der Waals surface area contributed by atoms with Crippen molar-refractivity contribution < 1.29 is 4.79 Å². The van der Waals surface area contributed by atoms with E-state index in [1.807, 2.05) is 13.0 Å². The number of anilines is 1. The Labute approximate surface area is 140 Å². The Morgan fingerprint density at radius 1 is 1.25 bits per heavy atom. The van der Waals surface area contributed by atoms with E-state index in [9.17, 15) is 4.79 Å². The van der Waals surface area contributed by atoms with E-state index in [0.717, 1.165) is 55.8 Å². The Morgan fingerprint density at radius 2 is 2.04 bits per heavy atom. The molecule has 2 aromatic rings. The molecule has 0 spiro atoms. The molecule has 8 nitrogen and oxygen atoms in total. The van der Waals surface area contributed by atoms with Gasteiger partial charge in [-0.15, -0.1) is 10.2 Å². The molecule has 128 valence electrons. The van der Waals surface area contributed by atoms with Crippen LogP contribution >= 0.6 is 0 Å². The average Bonchev–Trinajstić information content (AvgIpc) is 3.22. The second-order valence-corrected chi connectivity index (χ2v) is 6.84. The van der Waals surface area contributed by atoms with Crippen molar-refractivity contribution in [2.45, 2.75) is 44.7 Å². The first kappa shape index (κ1) is 15.3. The third-order valence-electron chi connectivity index (χ3n) is 4.65. The SMILES string of the molecule is Cc1cc(NC2CCN(CC(=O)NC3CC3)CC2)c2nncn2n1. The maximum Gasteiger partial charge on any atom is 0.234 e. The summed E-state index contributed by atoms with van der Waals surface area (Å²) >= 11 is 0. The van der Waals surface area contributed by atoms with Gasteiger partial charge in [0.2, 0.25) is 11.6 Å². The minimum atomic E-state index is 0.166. The number of hydrogen-bond acceptors (Lipinski definition) is 6. The zero-order valence-corrected chi connectivity index (χ0v) is 13.9. The topological polar surface area (TPSA) is 87.5 Å². The molecule has 1 saturated heterocycles. The van der Waals surface area contributed by atoms with E-state index in [1.165, 1.54) is 0 Å². The highest BCUT2D eigenvalue weighted by atomic mass is 16.2. The summed E-state index contributed by atoms with van der Waals surface area (Å²) in [7, 11) is 0. The second kappa shape index (κ2) is 6.35. The Morgan fingerprint density at radius 3 is 2.79 bits per heavy atom. The molecule has 0 atom stereocenters. The highest BCUT2D eigenvalue weighted by molar-refractivity contribution is 5.78. The van der Waals surface area contributed by atoms with Gasteiger partial charge in [0, 0.05) is 25.2 Å². The molecule has 2 aromatic heterocycles. The molecule has 2 N–H and O–H groups in total. The van der Waals surface area contributed by atoms with Crippen LogP contribution in [-0.2, 0) is 4.79 Å². The molecular weight excluding hydrogens is 306 g/mol. The molecule has 1 aliphatic heterocycles. The lowest BCUT2D eigenvalue weighted by Gasteiger charge is -2.32. The van der Waals surface area contributed by atoms with Gasteiger partial charge in [0.25, 0.3) is 0 Å². The number of carbonyl (C=O) groups excluding carboxylic acids is 1. The first-order valence-electron chi connectivity index (χ1n) is 8.63. The molecule has 0 unspecified atom stereocenters. The van der Waals surface area contributed by atoms with Crippen LogP contribution in [-0.4, -0.2) is 62.3 Å². The number of aryl methyl sites for hydroxylation is 1. The Kier molecular flexibility index (Phi) is 4.05. The summed E-state index contributed by atoms with van der Waals surface area (Å²) in [6.07, 6.45) is 5.92. The second-order valence-electron chi connectivity index (χ2n) is 6.84. The van der Waals surface area contributed by atoms with Gasteiger partial charge in [0.05, 0.1) is 17.9 Å². The van der Waals surface area contributed by atoms with Crippen molar-refractivity contribution in [1.82, 2.24) is 30.0 Å². The van der Waals surface area contributed by atoms with Crippen LogP contribution in [0.15, 0.2) is 12.4 Å². The quantitative estimate of drug-likeness (QED) is 0.835. The van der Waals surface area contributed by atoms with Gasteiger partial charge >= 0.3 is 0 Å². The molecule has 2 aliphatic rings. The highest BCUT2D eigenvalue weighted by Crippen LogP contribution is 2.21. The van der Waals surface area contributed by atoms with Gasteiger partial charge in [-0.2, -0.15) is 9.61 Å². The number of nitrogens with zero attached hydrogens (tertiary/aromatic N) is 5. The van der Waals surface area contributed by atoms with E-state index < -0.39 is 0 Å². The van der Waals surface area contributed by atoms with Crippen molar-refractivity contribution in [2.24, 2.45) is 0 Å². The number of piperidine rings is 1. The molecule has 1 saturated carbocycles. The van der Waals surface area contributed by atoms with E-state index in [1.54, 1.807) is 10.8 Å². The van der Waals surface area contributed by atoms with Gasteiger partial charge in [-0.25, -0.2) is 0 Å². The van der Waals surface area contributed by atoms with Crippen LogP contribution < -0.4 is 10.6 Å². The summed E-state index contributed by atoms with van der Waals surface area (Å²) in [6.45, 7) is 4.35. The fraction of sp³-hybridized carbons (Fsp3) is 0.625. The molecule has 2 fully saturated rings. The van der Waals surface area contributed by atoms with Crippen LogP contribution in [0.2, 0.25) is 0 Å². The van der Waals surface area contributed by atoms with E-state index in [0.29, 0.717) is 18.6 Å². The predicted octanol–water partition coefficient (Wildman–Crippen LogP) is 0.588. The number of amides is 1. The molecule has 0 bridgehead atoms. The maximum absolute atomic E-state index is 11.9. The molecule has 4 rings (SSSR count). The van der Waals surface area contributed by atoms with Gasteiger partial charge in [-0.1, -0.05) is 0 Å². The number of likely N-dealkylation sites (tertiary alicyclic amines) is 1. The van der Waals surface area contributed by atoms with Crippen molar-refractivity contribution in [2.75, 3.05) is 25.0 Å². The predicted molar refractivity (Wildman–Crippen MR) is 89.8 cm³/mol. The number of fused-ring (bicyclic) bond motifs is 1. The van der Waals surface area contributed by atoms with E-state index >= 15 is 0 Å². The summed E-state index contributed by atoms with van der Waals surface area (Å²) in [4.78, 5) is 14.1. The van der Waals surface area contributed by atoms with Gasteiger partial charge in [-0.05, 0) is 38.7 Å². The summed E-state index contributed by atoms with van der Waals surface area (Å²) in [5, 5.41) is 19.1.